The molecule has 0 radical (unpaired) electrons. The number of Topliss-reactive ketones (excluding diaryl/α,β-unsaturated/α-hetero) is 1. The molecule has 0 saturated heterocycles. The number of fused-ring (bicyclic) bond motifs is 1. The highest BCUT2D eigenvalue weighted by molar-refractivity contribution is 5.99. The molecular weight excluding hydrogens is 600 g/mol. The number of rotatable bonds is 14. The zero-order valence-electron chi connectivity index (χ0n) is 26.2. The van der Waals surface area contributed by atoms with Crippen LogP contribution in [0.4, 0.5) is 10.5 Å². The number of nitrogens with one attached hydrogen (secondary N) is 4. The molecule has 0 unspecified atom stereocenters. The molecule has 5 rings (SSSR count). The number of hydrogen-bond acceptors (Lipinski definition) is 8. The summed E-state index contributed by atoms with van der Waals surface area (Å²) in [6, 6.07) is 21.9. The molecular formula is C36H40N4O7. The molecule has 0 bridgehead atoms. The van der Waals surface area contributed by atoms with Gasteiger partial charge in [0.25, 0.3) is 5.91 Å². The van der Waals surface area contributed by atoms with Crippen molar-refractivity contribution in [2.75, 3.05) is 25.0 Å². The summed E-state index contributed by atoms with van der Waals surface area (Å²) < 4.78 is 10.6. The average Bonchev–Trinajstić information content (AvgIpc) is 3.77. The summed E-state index contributed by atoms with van der Waals surface area (Å²) in [6.07, 6.45) is 2.68. The lowest BCUT2D eigenvalue weighted by Crippen LogP contribution is -2.51. The average molecular weight is 641 g/mol. The van der Waals surface area contributed by atoms with Gasteiger partial charge in [-0.3, -0.25) is 19.2 Å². The zero-order valence-corrected chi connectivity index (χ0v) is 26.2. The lowest BCUT2D eigenvalue weighted by molar-refractivity contribution is -0.148. The number of hydrogen-bond donors (Lipinski definition) is 4. The van der Waals surface area contributed by atoms with Gasteiger partial charge in [0.2, 0.25) is 5.91 Å². The van der Waals surface area contributed by atoms with E-state index in [9.17, 15) is 24.0 Å². The lowest BCUT2D eigenvalue weighted by Gasteiger charge is -2.24. The fourth-order valence-electron chi connectivity index (χ4n) is 5.86. The van der Waals surface area contributed by atoms with Crippen LogP contribution in [0, 0.1) is 5.92 Å². The summed E-state index contributed by atoms with van der Waals surface area (Å²) in [7, 11) is 0. The second-order valence-corrected chi connectivity index (χ2v) is 11.8. The van der Waals surface area contributed by atoms with Crippen LogP contribution in [0.25, 0.3) is 0 Å². The van der Waals surface area contributed by atoms with E-state index >= 15 is 0 Å². The maximum atomic E-state index is 13.6. The van der Waals surface area contributed by atoms with Crippen LogP contribution < -0.4 is 21.3 Å². The van der Waals surface area contributed by atoms with E-state index in [1.165, 1.54) is 0 Å². The van der Waals surface area contributed by atoms with Gasteiger partial charge in [0.1, 0.15) is 12.6 Å². The van der Waals surface area contributed by atoms with Crippen LogP contribution >= 0.6 is 0 Å². The maximum Gasteiger partial charge on any atom is 0.407 e. The van der Waals surface area contributed by atoms with Crippen molar-refractivity contribution in [1.82, 2.24) is 16.0 Å². The molecule has 1 aliphatic heterocycles. The molecule has 3 atom stereocenters. The number of amides is 3. The smallest absolute Gasteiger partial charge is 0.407 e. The SMILES string of the molecule is O=C(NCCC[C@H](NC(=O)c1ccc2c(c1)NCC2)C(=O)N[C@H]1CCC[C@H]1C(=O)OCC(=O)c1ccccc1)OCc1ccccc1. The number of carbonyl (C=O) groups is 5. The van der Waals surface area contributed by atoms with E-state index in [4.69, 9.17) is 9.47 Å². The summed E-state index contributed by atoms with van der Waals surface area (Å²) in [4.78, 5) is 64.5. The van der Waals surface area contributed by atoms with Crippen LogP contribution in [0.3, 0.4) is 0 Å². The minimum Gasteiger partial charge on any atom is -0.457 e. The molecule has 0 spiro atoms. The molecule has 0 aromatic heterocycles. The molecule has 1 saturated carbocycles. The maximum absolute atomic E-state index is 13.6. The minimum absolute atomic E-state index is 0.134. The second-order valence-electron chi connectivity index (χ2n) is 11.8. The summed E-state index contributed by atoms with van der Waals surface area (Å²) in [5.74, 6) is -2.29. The van der Waals surface area contributed by atoms with E-state index in [1.54, 1.807) is 42.5 Å². The Bertz CT molecular complexity index is 1560. The van der Waals surface area contributed by atoms with Gasteiger partial charge in [-0.1, -0.05) is 73.2 Å². The number of benzene rings is 3. The van der Waals surface area contributed by atoms with E-state index in [1.807, 2.05) is 36.4 Å². The van der Waals surface area contributed by atoms with Crippen molar-refractivity contribution in [3.05, 3.63) is 101 Å². The topological polar surface area (TPSA) is 152 Å². The van der Waals surface area contributed by atoms with Gasteiger partial charge in [-0.2, -0.15) is 0 Å². The highest BCUT2D eigenvalue weighted by Crippen LogP contribution is 2.27. The highest BCUT2D eigenvalue weighted by Gasteiger charge is 2.37. The molecule has 11 heteroatoms. The number of esters is 1. The molecule has 246 valence electrons. The number of ketones is 1. The first-order valence-electron chi connectivity index (χ1n) is 16.0. The van der Waals surface area contributed by atoms with Gasteiger partial charge < -0.3 is 30.7 Å². The summed E-state index contributed by atoms with van der Waals surface area (Å²) in [5.41, 5.74) is 3.76. The van der Waals surface area contributed by atoms with Gasteiger partial charge in [0.05, 0.1) is 5.92 Å². The Balaban J connectivity index is 1.16. The van der Waals surface area contributed by atoms with Crippen LogP contribution in [0.2, 0.25) is 0 Å². The van der Waals surface area contributed by atoms with Crippen LogP contribution in [-0.4, -0.2) is 61.4 Å². The fraction of sp³-hybridized carbons (Fsp3) is 0.361. The Morgan fingerprint density at radius 2 is 1.64 bits per heavy atom. The zero-order chi connectivity index (χ0) is 33.0. The first-order valence-corrected chi connectivity index (χ1v) is 16.0. The molecule has 3 aromatic carbocycles. The van der Waals surface area contributed by atoms with E-state index in [0.29, 0.717) is 36.8 Å². The third-order valence-electron chi connectivity index (χ3n) is 8.44. The quantitative estimate of drug-likeness (QED) is 0.116. The predicted molar refractivity (Wildman–Crippen MR) is 175 cm³/mol. The number of ether oxygens (including phenoxy) is 2. The van der Waals surface area contributed by atoms with Gasteiger partial charge in [-0.25, -0.2) is 4.79 Å². The van der Waals surface area contributed by atoms with Crippen LogP contribution in [0.15, 0.2) is 78.9 Å². The van der Waals surface area contributed by atoms with Crippen molar-refractivity contribution in [1.29, 1.82) is 0 Å². The Morgan fingerprint density at radius 3 is 2.43 bits per heavy atom. The van der Waals surface area contributed by atoms with E-state index in [0.717, 1.165) is 29.8 Å². The highest BCUT2D eigenvalue weighted by atomic mass is 16.5. The third-order valence-corrected chi connectivity index (χ3v) is 8.44. The molecule has 3 amide bonds. The van der Waals surface area contributed by atoms with Crippen molar-refractivity contribution >= 4 is 35.3 Å². The molecule has 47 heavy (non-hydrogen) atoms. The van der Waals surface area contributed by atoms with Gasteiger partial charge in [0.15, 0.2) is 12.4 Å². The van der Waals surface area contributed by atoms with Gasteiger partial charge in [-0.05, 0) is 55.4 Å². The van der Waals surface area contributed by atoms with Crippen molar-refractivity contribution < 1.29 is 33.4 Å². The van der Waals surface area contributed by atoms with Crippen LogP contribution in [0.5, 0.6) is 0 Å². The van der Waals surface area contributed by atoms with Crippen LogP contribution in [0.1, 0.15) is 63.9 Å². The van der Waals surface area contributed by atoms with E-state index < -0.39 is 41.9 Å². The van der Waals surface area contributed by atoms with Gasteiger partial charge >= 0.3 is 12.1 Å². The molecule has 1 aliphatic carbocycles. The summed E-state index contributed by atoms with van der Waals surface area (Å²) in [5, 5.41) is 11.8. The third kappa shape index (κ3) is 9.41. The Morgan fingerprint density at radius 1 is 0.872 bits per heavy atom. The normalized spacial score (nSPS) is 17.0. The number of alkyl carbamates (subject to hydrolysis) is 1. The van der Waals surface area contributed by atoms with E-state index in [-0.39, 0.29) is 32.0 Å². The van der Waals surface area contributed by atoms with E-state index in [2.05, 4.69) is 21.3 Å². The number of anilines is 1. The first kappa shape index (κ1) is 33.2. The molecule has 11 nitrogen and oxygen atoms in total. The summed E-state index contributed by atoms with van der Waals surface area (Å²) >= 11 is 0. The first-order chi connectivity index (χ1) is 22.9. The van der Waals surface area contributed by atoms with Gasteiger partial charge in [0, 0.05) is 35.9 Å². The van der Waals surface area contributed by atoms with Crippen LogP contribution in [-0.2, 0) is 32.1 Å². The van der Waals surface area contributed by atoms with Crippen molar-refractivity contribution in [2.45, 2.75) is 57.2 Å². The predicted octanol–water partition coefficient (Wildman–Crippen LogP) is 4.17. The molecule has 4 N–H and O–H groups in total. The molecule has 1 heterocycles. The Kier molecular flexibility index (Phi) is 11.6. The summed E-state index contributed by atoms with van der Waals surface area (Å²) in [6.45, 7) is 0.783. The lowest BCUT2D eigenvalue weighted by atomic mass is 10.0. The molecule has 3 aromatic rings. The standard InChI is InChI=1S/C36H40N4O7/c41-32(26-11-5-2-6-12-26)23-46-35(44)28-13-7-14-29(28)39-34(43)30(40-33(42)27-17-16-25-18-20-37-31(25)21-27)15-8-19-38-36(45)47-22-24-9-3-1-4-10-24/h1-6,9-12,16-17,21,28-30,37H,7-8,13-15,18-20,22-23H2,(H,38,45)(H,39,43)(H,40,42)/t28-,29+,30+/m1/s1. The number of carbonyl (C=O) groups excluding carboxylic acids is 5. The monoisotopic (exact) mass is 640 g/mol. The van der Waals surface area contributed by atoms with Crippen molar-refractivity contribution in [2.24, 2.45) is 5.92 Å². The Labute approximate surface area is 273 Å². The van der Waals surface area contributed by atoms with Crippen molar-refractivity contribution in [3.63, 3.8) is 0 Å². The molecule has 1 fully saturated rings. The minimum atomic E-state index is -0.928. The largest absolute Gasteiger partial charge is 0.457 e. The van der Waals surface area contributed by atoms with Crippen molar-refractivity contribution in [3.8, 4) is 0 Å². The molecule has 2 aliphatic rings. The Hall–Kier alpha value is -5.19. The second kappa shape index (κ2) is 16.4. The fourth-order valence-corrected chi connectivity index (χ4v) is 5.86. The van der Waals surface area contributed by atoms with Gasteiger partial charge in [-0.15, -0.1) is 0 Å².